The predicted molar refractivity (Wildman–Crippen MR) is 58.0 cm³/mol. The number of carboxylic acids is 1. The smallest absolute Gasteiger partial charge is 0.336 e. The number of nitrogens with zero attached hydrogens (tertiary/aromatic N) is 1. The highest BCUT2D eigenvalue weighted by molar-refractivity contribution is 9.08. The Bertz CT molecular complexity index is 426. The molecule has 0 aliphatic heterocycles. The Balaban J connectivity index is 3.40. The van der Waals surface area contributed by atoms with E-state index in [1.165, 1.54) is 6.07 Å². The molecule has 5 heteroatoms. The van der Waals surface area contributed by atoms with Crippen molar-refractivity contribution in [3.05, 3.63) is 28.8 Å². The average Bonchev–Trinajstić information content (AvgIpc) is 2.16. The van der Waals surface area contributed by atoms with Gasteiger partial charge in [-0.05, 0) is 17.7 Å². The summed E-state index contributed by atoms with van der Waals surface area (Å²) in [6.07, 6.45) is 0. The molecule has 1 N–H and O–H groups in total. The molecule has 3 nitrogen and oxygen atoms in total. The highest BCUT2D eigenvalue weighted by Crippen LogP contribution is 2.21. The van der Waals surface area contributed by atoms with Crippen molar-refractivity contribution in [1.29, 1.82) is 5.26 Å². The molecule has 14 heavy (non-hydrogen) atoms. The van der Waals surface area contributed by atoms with E-state index in [0.717, 1.165) is 5.56 Å². The van der Waals surface area contributed by atoms with Gasteiger partial charge < -0.3 is 5.11 Å². The molecule has 0 heterocycles. The van der Waals surface area contributed by atoms with Gasteiger partial charge in [-0.3, -0.25) is 0 Å². The van der Waals surface area contributed by atoms with Crippen LogP contribution in [-0.2, 0) is 5.33 Å². The number of alkyl halides is 1. The minimum atomic E-state index is -1.08. The molecule has 0 fully saturated rings. The molecule has 1 rings (SSSR count). The topological polar surface area (TPSA) is 61.1 Å². The summed E-state index contributed by atoms with van der Waals surface area (Å²) in [5.74, 6) is -1.08. The summed E-state index contributed by atoms with van der Waals surface area (Å²) in [5.41, 5.74) is 1.15. The highest BCUT2D eigenvalue weighted by Gasteiger charge is 2.11. The van der Waals surface area contributed by atoms with Gasteiger partial charge in [0, 0.05) is 10.2 Å². The summed E-state index contributed by atoms with van der Waals surface area (Å²) < 4.78 is 0. The van der Waals surface area contributed by atoms with Crippen molar-refractivity contribution in [1.82, 2.24) is 0 Å². The lowest BCUT2D eigenvalue weighted by atomic mass is 10.1. The summed E-state index contributed by atoms with van der Waals surface area (Å²) in [7, 11) is 0. The molecular formula is C9H6BrNO2S. The molecule has 0 atom stereocenters. The first-order chi connectivity index (χ1) is 6.60. The van der Waals surface area contributed by atoms with E-state index in [4.69, 9.17) is 10.4 Å². The number of carboxylic acid groups (broad SMARTS) is 1. The first kappa shape index (κ1) is 11.1. The molecule has 0 radical (unpaired) electrons. The molecule has 0 aromatic heterocycles. The number of carbonyl (C=O) groups is 1. The van der Waals surface area contributed by atoms with Crippen molar-refractivity contribution in [2.75, 3.05) is 0 Å². The van der Waals surface area contributed by atoms with Crippen molar-refractivity contribution < 1.29 is 9.90 Å². The number of nitriles is 1. The van der Waals surface area contributed by atoms with Gasteiger partial charge in [0.2, 0.25) is 0 Å². The number of halogens is 1. The summed E-state index contributed by atoms with van der Waals surface area (Å²) in [6.45, 7) is 0. The Morgan fingerprint density at radius 3 is 2.71 bits per heavy atom. The standard InChI is InChI=1S/C9H6BrNO2S/c10-3-5-2-8(14)7(9(12)13)1-6(5)4-11/h1-2,14H,3H2,(H,12,13). The first-order valence-corrected chi connectivity index (χ1v) is 5.22. The van der Waals surface area contributed by atoms with Gasteiger partial charge in [-0.15, -0.1) is 12.6 Å². The lowest BCUT2D eigenvalue weighted by Gasteiger charge is -2.04. The second-order valence-corrected chi connectivity index (χ2v) is 3.62. The molecular weight excluding hydrogens is 266 g/mol. The number of hydrogen-bond acceptors (Lipinski definition) is 3. The van der Waals surface area contributed by atoms with Crippen LogP contribution < -0.4 is 0 Å². The lowest BCUT2D eigenvalue weighted by Crippen LogP contribution is -2.00. The molecule has 0 unspecified atom stereocenters. The van der Waals surface area contributed by atoms with Gasteiger partial charge in [-0.2, -0.15) is 5.26 Å². The largest absolute Gasteiger partial charge is 0.478 e. The van der Waals surface area contributed by atoms with Crippen LogP contribution in [-0.4, -0.2) is 11.1 Å². The normalized spacial score (nSPS) is 9.50. The van der Waals surface area contributed by atoms with Crippen LogP contribution in [0.15, 0.2) is 17.0 Å². The number of hydrogen-bond donors (Lipinski definition) is 2. The van der Waals surface area contributed by atoms with Gasteiger partial charge in [0.25, 0.3) is 0 Å². The average molecular weight is 272 g/mol. The minimum Gasteiger partial charge on any atom is -0.478 e. The van der Waals surface area contributed by atoms with E-state index in [2.05, 4.69) is 28.6 Å². The fourth-order valence-corrected chi connectivity index (χ4v) is 1.80. The van der Waals surface area contributed by atoms with E-state index in [-0.39, 0.29) is 5.56 Å². The third-order valence-corrected chi connectivity index (χ3v) is 2.69. The maximum atomic E-state index is 10.7. The number of aromatic carboxylic acids is 1. The third kappa shape index (κ3) is 2.08. The molecule has 0 spiro atoms. The van der Waals surface area contributed by atoms with E-state index < -0.39 is 5.97 Å². The first-order valence-electron chi connectivity index (χ1n) is 3.65. The van der Waals surface area contributed by atoms with Gasteiger partial charge in [-0.1, -0.05) is 15.9 Å². The van der Waals surface area contributed by atoms with Crippen LogP contribution in [0.5, 0.6) is 0 Å². The number of rotatable bonds is 2. The molecule has 0 saturated heterocycles. The Kier molecular flexibility index (Phi) is 3.55. The second kappa shape index (κ2) is 4.49. The maximum Gasteiger partial charge on any atom is 0.336 e. The van der Waals surface area contributed by atoms with Crippen LogP contribution in [0.3, 0.4) is 0 Å². The second-order valence-electron chi connectivity index (χ2n) is 2.58. The van der Waals surface area contributed by atoms with Crippen LogP contribution in [0.1, 0.15) is 21.5 Å². The van der Waals surface area contributed by atoms with Crippen LogP contribution in [0.25, 0.3) is 0 Å². The highest BCUT2D eigenvalue weighted by atomic mass is 79.9. The van der Waals surface area contributed by atoms with E-state index in [1.807, 2.05) is 6.07 Å². The third-order valence-electron chi connectivity index (χ3n) is 1.72. The maximum absolute atomic E-state index is 10.7. The fraction of sp³-hybridized carbons (Fsp3) is 0.111. The minimum absolute atomic E-state index is 0.0505. The van der Waals surface area contributed by atoms with E-state index in [1.54, 1.807) is 6.07 Å². The van der Waals surface area contributed by atoms with Crippen molar-refractivity contribution in [3.63, 3.8) is 0 Å². The summed E-state index contributed by atoms with van der Waals surface area (Å²) in [5, 5.41) is 18.0. The van der Waals surface area contributed by atoms with Gasteiger partial charge in [0.05, 0.1) is 17.2 Å². The van der Waals surface area contributed by atoms with Crippen LogP contribution in [0.2, 0.25) is 0 Å². The summed E-state index contributed by atoms with van der Waals surface area (Å²) in [4.78, 5) is 11.1. The molecule has 1 aromatic carbocycles. The summed E-state index contributed by atoms with van der Waals surface area (Å²) >= 11 is 7.25. The van der Waals surface area contributed by atoms with Crippen molar-refractivity contribution in [2.24, 2.45) is 0 Å². The summed E-state index contributed by atoms with van der Waals surface area (Å²) in [6, 6.07) is 4.86. The number of thiol groups is 1. The molecule has 0 amide bonds. The predicted octanol–water partition coefficient (Wildman–Crippen LogP) is 2.44. The van der Waals surface area contributed by atoms with Crippen molar-refractivity contribution >= 4 is 34.5 Å². The zero-order valence-electron chi connectivity index (χ0n) is 6.99. The SMILES string of the molecule is N#Cc1cc(C(=O)O)c(S)cc1CBr. The van der Waals surface area contributed by atoms with Gasteiger partial charge in [0.1, 0.15) is 0 Å². The zero-order chi connectivity index (χ0) is 10.7. The fourth-order valence-electron chi connectivity index (χ4n) is 1.02. The molecule has 0 bridgehead atoms. The molecule has 72 valence electrons. The Morgan fingerprint density at radius 2 is 2.29 bits per heavy atom. The van der Waals surface area contributed by atoms with Gasteiger partial charge in [-0.25, -0.2) is 4.79 Å². The van der Waals surface area contributed by atoms with Gasteiger partial charge >= 0.3 is 5.97 Å². The quantitative estimate of drug-likeness (QED) is 0.642. The van der Waals surface area contributed by atoms with E-state index in [0.29, 0.717) is 15.8 Å². The van der Waals surface area contributed by atoms with E-state index >= 15 is 0 Å². The molecule has 1 aromatic rings. The number of benzene rings is 1. The van der Waals surface area contributed by atoms with Crippen LogP contribution >= 0.6 is 28.6 Å². The monoisotopic (exact) mass is 271 g/mol. The van der Waals surface area contributed by atoms with Crippen molar-refractivity contribution in [3.8, 4) is 6.07 Å². The van der Waals surface area contributed by atoms with Crippen LogP contribution in [0, 0.1) is 11.3 Å². The van der Waals surface area contributed by atoms with Crippen LogP contribution in [0.4, 0.5) is 0 Å². The van der Waals surface area contributed by atoms with Gasteiger partial charge in [0.15, 0.2) is 0 Å². The Morgan fingerprint density at radius 1 is 1.64 bits per heavy atom. The lowest BCUT2D eigenvalue weighted by molar-refractivity contribution is 0.0693. The Labute approximate surface area is 94.9 Å². The van der Waals surface area contributed by atoms with Crippen molar-refractivity contribution in [2.45, 2.75) is 10.2 Å². The molecule has 0 aliphatic carbocycles. The Hall–Kier alpha value is -0.990. The van der Waals surface area contributed by atoms with E-state index in [9.17, 15) is 4.79 Å². The molecule has 0 saturated carbocycles. The molecule has 0 aliphatic rings. The zero-order valence-corrected chi connectivity index (χ0v) is 9.47.